The van der Waals surface area contributed by atoms with E-state index in [2.05, 4.69) is 35.9 Å². The maximum atomic E-state index is 12.5. The van der Waals surface area contributed by atoms with Crippen molar-refractivity contribution in [3.05, 3.63) is 391 Å². The monoisotopic (exact) mass is 1590 g/mol. The second-order valence-electron chi connectivity index (χ2n) is 26.9. The second kappa shape index (κ2) is 41.9. The molecule has 0 spiro atoms. The Hall–Kier alpha value is -14.5. The summed E-state index contributed by atoms with van der Waals surface area (Å²) in [5.74, 6) is -0.655. The van der Waals surface area contributed by atoms with Gasteiger partial charge in [0, 0.05) is 95.1 Å². The van der Waals surface area contributed by atoms with Gasteiger partial charge in [-0.15, -0.1) is 0 Å². The minimum atomic E-state index is -1.09. The van der Waals surface area contributed by atoms with Crippen LogP contribution < -0.4 is 85.1 Å². The smallest absolute Gasteiger partial charge is 0.335 e. The normalized spacial score (nSPS) is 11.6. The molecule has 29 nitrogen and oxygen atoms in total. The Kier molecular flexibility index (Phi) is 31.5. The summed E-state index contributed by atoms with van der Waals surface area (Å²) in [4.78, 5) is 156. The molecular formula is C88H94N12O17. The summed E-state index contributed by atoms with van der Waals surface area (Å²) in [6, 6.07) is 56.0. The second-order valence-corrected chi connectivity index (χ2v) is 26.9. The maximum Gasteiger partial charge on any atom is 0.335 e. The molecule has 8 heterocycles. The number of nitrogens with zero attached hydrogens (tertiary/aromatic N) is 4. The van der Waals surface area contributed by atoms with Gasteiger partial charge in [0.05, 0.1) is 100 Å². The van der Waals surface area contributed by atoms with Crippen LogP contribution >= 0.6 is 0 Å². The highest BCUT2D eigenvalue weighted by Crippen LogP contribution is 2.23. The Morgan fingerprint density at radius 1 is 0.342 bits per heavy atom. The van der Waals surface area contributed by atoms with Crippen LogP contribution in [-0.2, 0) is 26.2 Å². The van der Waals surface area contributed by atoms with Gasteiger partial charge in [-0.2, -0.15) is 0 Å². The lowest BCUT2D eigenvalue weighted by Gasteiger charge is -2.16. The first-order valence-corrected chi connectivity index (χ1v) is 36.9. The number of aryl methyl sites for hydroxylation is 4. The van der Waals surface area contributed by atoms with E-state index in [4.69, 9.17) is 29.8 Å². The molecule has 608 valence electrons. The third-order valence-corrected chi connectivity index (χ3v) is 18.9. The first kappa shape index (κ1) is 88.1. The van der Waals surface area contributed by atoms with Gasteiger partial charge in [-0.3, -0.25) is 52.7 Å². The molecule has 4 atom stereocenters. The summed E-state index contributed by atoms with van der Waals surface area (Å²) < 4.78 is 26.9. The Labute approximate surface area is 672 Å². The summed E-state index contributed by atoms with van der Waals surface area (Å²) >= 11 is 0. The Balaban J connectivity index is 0.000000188. The van der Waals surface area contributed by atoms with Crippen LogP contribution in [0.3, 0.4) is 0 Å². The number of carbonyl (C=O) groups excluding carboxylic acids is 3. The van der Waals surface area contributed by atoms with E-state index in [1.807, 2.05) is 149 Å². The fourth-order valence-corrected chi connectivity index (χ4v) is 12.3. The minimum absolute atomic E-state index is 0.0107. The lowest BCUT2D eigenvalue weighted by Crippen LogP contribution is -2.30. The standard InChI is InChI=1S/3C22H23N3O4.C14H13NO3.C8H12N2O2/c3*1-14-11-19(29-3)18(22(28)24-14)13-23-21(27)17-9-10-25(20(26)12-17)15(2)16-7-5-4-6-8-16;1-10(11-5-3-2-4-6-11)15-8-7-12(14(17)18)9-13(15)16;1-5-3-7(12-2)6(4-9)8(11)10-5/h3*4-12,15H,13H2,1-3H3,(H,23,27)(H,24,28);2-10H,1H3,(H,17,18);3H,4,9H2,1-2H3,(H,10,11)/t2*15-;;;/m10.../s1. The Morgan fingerprint density at radius 2 is 0.556 bits per heavy atom. The van der Waals surface area contributed by atoms with Gasteiger partial charge in [0.1, 0.15) is 23.0 Å². The van der Waals surface area contributed by atoms with Crippen molar-refractivity contribution in [2.24, 2.45) is 5.73 Å². The SMILES string of the molecule is CC(c1ccccc1)n1ccc(C(=O)O)cc1=O.COc1cc(C)[nH]c(=O)c1CN.COc1cc(C)[nH]c(=O)c1CNC(=O)c1ccn(C(C)c2ccccc2)c(=O)c1.COc1cc(C)[nH]c(=O)c1CNC(=O)c1ccn([C@@H](C)c2ccccc2)c(=O)c1.COc1cc(C)[nH]c(=O)c1CNC(=O)c1ccn([C@H](C)c2ccccc2)c(=O)c1. The van der Waals surface area contributed by atoms with E-state index in [9.17, 15) is 57.5 Å². The van der Waals surface area contributed by atoms with Gasteiger partial charge in [-0.1, -0.05) is 121 Å². The van der Waals surface area contributed by atoms with E-state index in [1.54, 1.807) is 102 Å². The number of hydrogen-bond acceptors (Lipinski definition) is 17. The van der Waals surface area contributed by atoms with E-state index < -0.39 is 23.7 Å². The number of carboxylic acid groups (broad SMARTS) is 1. The van der Waals surface area contributed by atoms with Crippen LogP contribution in [0.2, 0.25) is 0 Å². The van der Waals surface area contributed by atoms with Crippen molar-refractivity contribution in [1.82, 2.24) is 54.2 Å². The molecule has 0 saturated heterocycles. The molecule has 2 unspecified atom stereocenters. The number of methoxy groups -OCH3 is 4. The van der Waals surface area contributed by atoms with E-state index in [1.165, 1.54) is 63.5 Å². The number of H-pyrrole nitrogens is 4. The number of nitrogens with two attached hydrogens (primary N) is 1. The van der Waals surface area contributed by atoms with Gasteiger partial charge < -0.3 is 83.9 Å². The average Bonchev–Trinajstić information content (AvgIpc) is 0.795. The predicted molar refractivity (Wildman–Crippen MR) is 446 cm³/mol. The van der Waals surface area contributed by atoms with Crippen LogP contribution in [0.25, 0.3) is 0 Å². The Bertz CT molecular complexity index is 5540. The van der Waals surface area contributed by atoms with Crippen molar-refractivity contribution in [2.75, 3.05) is 28.4 Å². The molecule has 29 heteroatoms. The lowest BCUT2D eigenvalue weighted by molar-refractivity contribution is 0.0695. The number of aromatic nitrogens is 8. The highest BCUT2D eigenvalue weighted by Gasteiger charge is 2.20. The van der Waals surface area contributed by atoms with Gasteiger partial charge in [0.15, 0.2) is 0 Å². The fraction of sp³-hybridized carbons (Fsp3) is 0.227. The number of carbonyl (C=O) groups is 4. The molecule has 0 saturated carbocycles. The van der Waals surface area contributed by atoms with Gasteiger partial charge in [0.2, 0.25) is 0 Å². The molecule has 0 aliphatic carbocycles. The summed E-state index contributed by atoms with van der Waals surface area (Å²) in [6.07, 6.45) is 6.33. The molecule has 0 bridgehead atoms. The number of aromatic carboxylic acids is 1. The van der Waals surface area contributed by atoms with Crippen molar-refractivity contribution < 1.29 is 43.2 Å². The first-order chi connectivity index (χ1) is 56.0. The predicted octanol–water partition coefficient (Wildman–Crippen LogP) is 9.49. The number of ether oxygens (including phenoxy) is 4. The van der Waals surface area contributed by atoms with E-state index in [-0.39, 0.29) is 117 Å². The number of amides is 3. The van der Waals surface area contributed by atoms with Crippen LogP contribution in [0.15, 0.2) is 257 Å². The van der Waals surface area contributed by atoms with Crippen molar-refractivity contribution in [3.63, 3.8) is 0 Å². The van der Waals surface area contributed by atoms with Crippen LogP contribution in [-0.4, -0.2) is 95.4 Å². The first-order valence-electron chi connectivity index (χ1n) is 36.9. The number of pyridine rings is 8. The maximum absolute atomic E-state index is 12.5. The van der Waals surface area contributed by atoms with Gasteiger partial charge >= 0.3 is 5.97 Å². The van der Waals surface area contributed by atoms with Crippen molar-refractivity contribution in [1.29, 1.82) is 0 Å². The van der Waals surface area contributed by atoms with Crippen LogP contribution in [0.1, 0.15) is 161 Å². The average molecular weight is 1590 g/mol. The van der Waals surface area contributed by atoms with Gasteiger partial charge in [0.25, 0.3) is 62.2 Å². The molecule has 4 aromatic carbocycles. The highest BCUT2D eigenvalue weighted by molar-refractivity contribution is 5.95. The largest absolute Gasteiger partial charge is 0.496 e. The van der Waals surface area contributed by atoms with E-state index >= 15 is 0 Å². The summed E-state index contributed by atoms with van der Waals surface area (Å²) in [7, 11) is 5.92. The van der Waals surface area contributed by atoms with Gasteiger partial charge in [-0.25, -0.2) is 4.79 Å². The molecule has 0 radical (unpaired) electrons. The third kappa shape index (κ3) is 23.6. The van der Waals surface area contributed by atoms with E-state index in [0.717, 1.165) is 34.0 Å². The Morgan fingerprint density at radius 3 is 0.769 bits per heavy atom. The fourth-order valence-electron chi connectivity index (χ4n) is 12.3. The number of aromatic amines is 4. The zero-order chi connectivity index (χ0) is 85.2. The number of nitrogens with one attached hydrogen (secondary N) is 7. The summed E-state index contributed by atoms with van der Waals surface area (Å²) in [6.45, 7) is 14.9. The third-order valence-electron chi connectivity index (χ3n) is 18.9. The van der Waals surface area contributed by atoms with Crippen LogP contribution in [0.4, 0.5) is 0 Å². The molecule has 8 aromatic heterocycles. The van der Waals surface area contributed by atoms with Crippen molar-refractivity contribution in [3.8, 4) is 23.0 Å². The van der Waals surface area contributed by atoms with Crippen LogP contribution in [0, 0.1) is 27.7 Å². The number of rotatable bonds is 23. The molecule has 0 aliphatic heterocycles. The van der Waals surface area contributed by atoms with E-state index in [0.29, 0.717) is 62.3 Å². The minimum Gasteiger partial charge on any atom is -0.496 e. The lowest BCUT2D eigenvalue weighted by atomic mass is 10.1. The molecule has 3 amide bonds. The molecule has 10 N–H and O–H groups in total. The summed E-state index contributed by atoms with van der Waals surface area (Å²) in [5, 5.41) is 16.8. The van der Waals surface area contributed by atoms with Crippen LogP contribution in [0.5, 0.6) is 23.0 Å². The van der Waals surface area contributed by atoms with Crippen molar-refractivity contribution in [2.45, 2.75) is 106 Å². The number of carboxylic acids is 1. The number of hydrogen-bond donors (Lipinski definition) is 9. The molecular weight excluding hydrogens is 1500 g/mol. The molecule has 0 aliphatic rings. The molecule has 0 fully saturated rings. The zero-order valence-corrected chi connectivity index (χ0v) is 66.8. The number of benzene rings is 4. The molecule has 12 rings (SSSR count). The summed E-state index contributed by atoms with van der Waals surface area (Å²) in [5.41, 5.74) is 12.0. The molecule has 12 aromatic rings. The zero-order valence-electron chi connectivity index (χ0n) is 66.8. The highest BCUT2D eigenvalue weighted by atomic mass is 16.5. The topological polar surface area (TPSA) is 407 Å². The quantitative estimate of drug-likeness (QED) is 0.0288. The van der Waals surface area contributed by atoms with Gasteiger partial charge in [-0.05, 0) is 126 Å². The molecule has 117 heavy (non-hydrogen) atoms. The van der Waals surface area contributed by atoms with Crippen molar-refractivity contribution >= 4 is 23.7 Å².